The van der Waals surface area contributed by atoms with E-state index in [1.165, 1.54) is 83.5 Å². The summed E-state index contributed by atoms with van der Waals surface area (Å²) in [5.41, 5.74) is 0. The van der Waals surface area contributed by atoms with E-state index in [4.69, 9.17) is 18.9 Å². The Balaban J connectivity index is 1.69. The standard InChI is InChI=1S/C77H125NO13/c1-3-5-7-9-11-13-15-17-19-21-23-24-25-26-27-28-29-30-31-32-33-34-35-36-37-38-39-40-41-42-43-45-47-49-51-53-55-57-59-61-69(82)78-65(66(81)60-58-56-54-52-50-48-46-44-22-20-18-16-14-12-10-8-6-4-2)64-88-76-74(87)72(85)75(68(63-80)90-76)91-77-73(86)71(84)70(83)67(62-79)89-77/h5,7,11,13,17,19,23-24,26-27,29-30,32-33,35-36,38-39,41-42,45,47,51,53,58,60,65-68,70-77,79-81,83-87H,3-4,6,8-10,12,14-16,18,20-22,25,28,31,34,37,40,43-44,46,48-50,52,54-57,59,61-64H2,1-2H3,(H,78,82)/b7-5-,13-11-,19-17-,24-23-,27-26-,30-29-,33-32-,36-35-,39-38-,42-41-,47-45-,53-51-,60-58+. The number of nitrogens with one attached hydrogen (secondary N) is 1. The summed E-state index contributed by atoms with van der Waals surface area (Å²) in [6.07, 6.45) is 74.3. The van der Waals surface area contributed by atoms with Gasteiger partial charge in [0.05, 0.1) is 32.0 Å². The molecule has 12 unspecified atom stereocenters. The van der Waals surface area contributed by atoms with Gasteiger partial charge in [0.25, 0.3) is 0 Å². The number of aliphatic hydroxyl groups is 8. The maximum atomic E-state index is 13.3. The van der Waals surface area contributed by atoms with E-state index in [0.29, 0.717) is 6.42 Å². The molecule has 2 aliphatic rings. The zero-order valence-electron chi connectivity index (χ0n) is 56.0. The first-order chi connectivity index (χ1) is 44.6. The van der Waals surface area contributed by atoms with Crippen molar-refractivity contribution in [3.05, 3.63) is 158 Å². The predicted molar refractivity (Wildman–Crippen MR) is 373 cm³/mol. The van der Waals surface area contributed by atoms with Crippen LogP contribution in [-0.2, 0) is 23.7 Å². The summed E-state index contributed by atoms with van der Waals surface area (Å²) in [7, 11) is 0. The Kier molecular flexibility index (Phi) is 53.9. The maximum absolute atomic E-state index is 13.3. The van der Waals surface area contributed by atoms with Gasteiger partial charge in [-0.3, -0.25) is 4.79 Å². The quantitative estimate of drug-likeness (QED) is 0.0204. The van der Waals surface area contributed by atoms with Gasteiger partial charge in [-0.05, 0) is 109 Å². The van der Waals surface area contributed by atoms with Gasteiger partial charge in [0.15, 0.2) is 12.6 Å². The van der Waals surface area contributed by atoms with Crippen LogP contribution in [0.1, 0.15) is 226 Å². The predicted octanol–water partition coefficient (Wildman–Crippen LogP) is 14.6. The second-order valence-corrected chi connectivity index (χ2v) is 23.9. The van der Waals surface area contributed by atoms with E-state index in [-0.39, 0.29) is 18.9 Å². The molecule has 2 rings (SSSR count). The molecule has 0 bridgehead atoms. The number of carbonyl (C=O) groups is 1. The number of amides is 1. The van der Waals surface area contributed by atoms with Gasteiger partial charge >= 0.3 is 0 Å². The number of hydrogen-bond acceptors (Lipinski definition) is 13. The van der Waals surface area contributed by atoms with Crippen LogP contribution >= 0.6 is 0 Å². The Morgan fingerprint density at radius 1 is 0.407 bits per heavy atom. The molecular formula is C77H125NO13. The fourth-order valence-corrected chi connectivity index (χ4v) is 10.4. The van der Waals surface area contributed by atoms with Crippen LogP contribution in [0.2, 0.25) is 0 Å². The summed E-state index contributed by atoms with van der Waals surface area (Å²) in [4.78, 5) is 13.3. The van der Waals surface area contributed by atoms with Crippen molar-refractivity contribution in [2.75, 3.05) is 19.8 Å². The van der Waals surface area contributed by atoms with E-state index in [1.54, 1.807) is 6.08 Å². The highest BCUT2D eigenvalue weighted by Gasteiger charge is 2.51. The van der Waals surface area contributed by atoms with Crippen LogP contribution in [0.3, 0.4) is 0 Å². The SMILES string of the molecule is CC/C=C\C/C=C\C/C=C\C/C=C\C/C=C\C/C=C\C/C=C\C/C=C\C/C=C\C/C=C\C/C=C\C/C=C\CCCCC(=O)NC(COC1OC(CO)C(OC2OC(CO)C(O)C(O)C2O)C(O)C1O)C(O)/C=C/CCCCCCCCCCCCCCCCCC. The van der Waals surface area contributed by atoms with E-state index in [0.717, 1.165) is 116 Å². The van der Waals surface area contributed by atoms with Gasteiger partial charge in [-0.2, -0.15) is 0 Å². The number of unbranched alkanes of at least 4 members (excludes halogenated alkanes) is 18. The van der Waals surface area contributed by atoms with Crippen molar-refractivity contribution in [3.63, 3.8) is 0 Å². The van der Waals surface area contributed by atoms with Crippen LogP contribution in [0.4, 0.5) is 0 Å². The molecular weight excluding hydrogens is 1150 g/mol. The Morgan fingerprint density at radius 2 is 0.758 bits per heavy atom. The highest BCUT2D eigenvalue weighted by atomic mass is 16.7. The molecule has 0 saturated carbocycles. The summed E-state index contributed by atoms with van der Waals surface area (Å²) in [5, 5.41) is 87.3. The van der Waals surface area contributed by atoms with Crippen LogP contribution in [-0.4, -0.2) is 140 Å². The third-order valence-electron chi connectivity index (χ3n) is 16.0. The van der Waals surface area contributed by atoms with Crippen LogP contribution in [0, 0.1) is 0 Å². The van der Waals surface area contributed by atoms with Gasteiger partial charge in [0.1, 0.15) is 48.8 Å². The third-order valence-corrected chi connectivity index (χ3v) is 16.0. The highest BCUT2D eigenvalue weighted by molar-refractivity contribution is 5.76. The molecule has 1 amide bonds. The zero-order chi connectivity index (χ0) is 65.9. The summed E-state index contributed by atoms with van der Waals surface area (Å²) < 4.78 is 22.8. The van der Waals surface area contributed by atoms with E-state index in [2.05, 4.69) is 165 Å². The average Bonchev–Trinajstić information content (AvgIpc) is 1.19. The highest BCUT2D eigenvalue weighted by Crippen LogP contribution is 2.30. The number of hydrogen-bond donors (Lipinski definition) is 9. The number of ether oxygens (including phenoxy) is 4. The molecule has 2 fully saturated rings. The average molecular weight is 1270 g/mol. The van der Waals surface area contributed by atoms with Crippen LogP contribution < -0.4 is 5.32 Å². The van der Waals surface area contributed by atoms with Crippen molar-refractivity contribution in [3.8, 4) is 0 Å². The molecule has 2 aliphatic heterocycles. The summed E-state index contributed by atoms with van der Waals surface area (Å²) in [5.74, 6) is -0.287. The fraction of sp³-hybridized carbons (Fsp3) is 0.649. The molecule has 14 nitrogen and oxygen atoms in total. The topological polar surface area (TPSA) is 228 Å². The lowest BCUT2D eigenvalue weighted by Crippen LogP contribution is -2.65. The van der Waals surface area contributed by atoms with E-state index >= 15 is 0 Å². The molecule has 2 saturated heterocycles. The molecule has 2 heterocycles. The second kappa shape index (κ2) is 59.4. The van der Waals surface area contributed by atoms with Crippen molar-refractivity contribution >= 4 is 5.91 Å². The van der Waals surface area contributed by atoms with E-state index in [9.17, 15) is 45.6 Å². The number of aliphatic hydroxyl groups excluding tert-OH is 8. The lowest BCUT2D eigenvalue weighted by atomic mass is 9.97. The van der Waals surface area contributed by atoms with Crippen LogP contribution in [0.15, 0.2) is 158 Å². The summed E-state index contributed by atoms with van der Waals surface area (Å²) in [6, 6.07) is -0.951. The van der Waals surface area contributed by atoms with Gasteiger partial charge in [-0.1, -0.05) is 268 Å². The number of carbonyl (C=O) groups excluding carboxylic acids is 1. The number of rotatable bonds is 55. The second-order valence-electron chi connectivity index (χ2n) is 23.9. The van der Waals surface area contributed by atoms with Gasteiger partial charge in [0, 0.05) is 6.42 Å². The van der Waals surface area contributed by atoms with Gasteiger partial charge < -0.3 is 65.1 Å². The van der Waals surface area contributed by atoms with Gasteiger partial charge in [-0.25, -0.2) is 0 Å². The fourth-order valence-electron chi connectivity index (χ4n) is 10.4. The minimum absolute atomic E-state index is 0.216. The first-order valence-corrected chi connectivity index (χ1v) is 35.2. The molecule has 0 aliphatic carbocycles. The first-order valence-electron chi connectivity index (χ1n) is 35.2. The summed E-state index contributed by atoms with van der Waals surface area (Å²) >= 11 is 0. The molecule has 0 aromatic carbocycles. The Morgan fingerprint density at radius 3 is 1.16 bits per heavy atom. The van der Waals surface area contributed by atoms with Gasteiger partial charge in [0.2, 0.25) is 5.91 Å². The smallest absolute Gasteiger partial charge is 0.220 e. The normalized spacial score (nSPS) is 23.8. The molecule has 91 heavy (non-hydrogen) atoms. The van der Waals surface area contributed by atoms with Crippen molar-refractivity contribution < 1.29 is 64.6 Å². The lowest BCUT2D eigenvalue weighted by Gasteiger charge is -2.46. The van der Waals surface area contributed by atoms with Crippen molar-refractivity contribution in [2.24, 2.45) is 0 Å². The molecule has 9 N–H and O–H groups in total. The lowest BCUT2D eigenvalue weighted by molar-refractivity contribution is -0.359. The Labute approximate surface area is 550 Å². The molecule has 0 spiro atoms. The molecule has 516 valence electrons. The molecule has 12 atom stereocenters. The summed E-state index contributed by atoms with van der Waals surface area (Å²) in [6.45, 7) is 2.65. The first kappa shape index (κ1) is 82.7. The van der Waals surface area contributed by atoms with Crippen molar-refractivity contribution in [1.82, 2.24) is 5.32 Å². The molecule has 0 aromatic heterocycles. The zero-order valence-corrected chi connectivity index (χ0v) is 56.0. The molecule has 14 heteroatoms. The Bertz CT molecular complexity index is 2140. The van der Waals surface area contributed by atoms with Crippen LogP contribution in [0.25, 0.3) is 0 Å². The van der Waals surface area contributed by atoms with Crippen molar-refractivity contribution in [1.29, 1.82) is 0 Å². The monoisotopic (exact) mass is 1270 g/mol. The maximum Gasteiger partial charge on any atom is 0.220 e. The number of allylic oxidation sites excluding steroid dienone is 25. The molecule has 0 radical (unpaired) electrons. The third kappa shape index (κ3) is 43.3. The van der Waals surface area contributed by atoms with E-state index in [1.807, 2.05) is 6.08 Å². The van der Waals surface area contributed by atoms with Crippen molar-refractivity contribution in [2.45, 2.75) is 299 Å². The minimum Gasteiger partial charge on any atom is -0.394 e. The minimum atomic E-state index is -1.80. The Hall–Kier alpha value is -4.39. The molecule has 0 aromatic rings. The van der Waals surface area contributed by atoms with Gasteiger partial charge in [-0.15, -0.1) is 0 Å². The largest absolute Gasteiger partial charge is 0.394 e. The van der Waals surface area contributed by atoms with E-state index < -0.39 is 86.8 Å². The van der Waals surface area contributed by atoms with Crippen LogP contribution in [0.5, 0.6) is 0 Å².